The molecule has 0 saturated heterocycles. The molecule has 0 saturated carbocycles. The summed E-state index contributed by atoms with van der Waals surface area (Å²) in [4.78, 5) is 32.4. The molecule has 2 aromatic heterocycles. The van der Waals surface area contributed by atoms with E-state index in [4.69, 9.17) is 14.6 Å². The quantitative estimate of drug-likeness (QED) is 0.425. The van der Waals surface area contributed by atoms with Crippen LogP contribution in [0.3, 0.4) is 0 Å². The number of anilines is 1. The van der Waals surface area contributed by atoms with Gasteiger partial charge in [0.25, 0.3) is 0 Å². The van der Waals surface area contributed by atoms with E-state index >= 15 is 0 Å². The molecule has 1 aromatic carbocycles. The molecule has 3 rings (SSSR count). The van der Waals surface area contributed by atoms with E-state index in [1.54, 1.807) is 10.8 Å². The molecule has 0 spiro atoms. The molecular formula is C20H22N4O7. The monoisotopic (exact) mass is 430 g/mol. The standard InChI is InChI=1S/C20H22N4O7/c1-23(16(19(26)27)17(25)20(28)29)13-8-24(11-31-9-12-6-4-3-5-7-12)15-14(13)21-10-22-18(15)30-2/h3-8,10,16-17,25H,9,11H2,1-2H3,(H,26,27)(H,28,29). The summed E-state index contributed by atoms with van der Waals surface area (Å²) in [6.45, 7) is 0.402. The number of aromatic nitrogens is 3. The lowest BCUT2D eigenvalue weighted by Gasteiger charge is -2.27. The van der Waals surface area contributed by atoms with E-state index in [1.807, 2.05) is 30.3 Å². The molecule has 164 valence electrons. The first kappa shape index (κ1) is 22.0. The number of fused-ring (bicyclic) bond motifs is 1. The van der Waals surface area contributed by atoms with E-state index in [-0.39, 0.29) is 18.3 Å². The molecule has 3 aromatic rings. The average molecular weight is 430 g/mol. The zero-order valence-electron chi connectivity index (χ0n) is 16.9. The molecule has 0 radical (unpaired) electrons. The number of nitrogens with zero attached hydrogens (tertiary/aromatic N) is 4. The van der Waals surface area contributed by atoms with Crippen molar-refractivity contribution >= 4 is 28.7 Å². The lowest BCUT2D eigenvalue weighted by molar-refractivity contribution is -0.154. The summed E-state index contributed by atoms with van der Waals surface area (Å²) in [5.41, 5.74) is 2.00. The molecule has 0 aliphatic carbocycles. The van der Waals surface area contributed by atoms with Crippen molar-refractivity contribution in [2.24, 2.45) is 0 Å². The Bertz CT molecular complexity index is 1070. The maximum atomic E-state index is 11.7. The van der Waals surface area contributed by atoms with E-state index in [0.29, 0.717) is 17.6 Å². The Morgan fingerprint density at radius 1 is 1.16 bits per heavy atom. The summed E-state index contributed by atoms with van der Waals surface area (Å²) in [7, 11) is 2.80. The number of carboxylic acid groups (broad SMARTS) is 2. The molecule has 0 amide bonds. The van der Waals surface area contributed by atoms with Gasteiger partial charge in [0.1, 0.15) is 24.1 Å². The minimum atomic E-state index is -2.15. The maximum Gasteiger partial charge on any atom is 0.335 e. The van der Waals surface area contributed by atoms with Crippen LogP contribution < -0.4 is 9.64 Å². The Hall–Kier alpha value is -3.70. The number of methoxy groups -OCH3 is 1. The SMILES string of the molecule is COc1ncnc2c(N(C)C(C(=O)O)C(O)C(=O)O)cn(COCc3ccccc3)c12. The van der Waals surface area contributed by atoms with Crippen LogP contribution in [-0.4, -0.2) is 68.1 Å². The van der Waals surface area contributed by atoms with E-state index in [1.165, 1.54) is 20.5 Å². The Labute approximate surface area is 177 Å². The third kappa shape index (κ3) is 4.57. The summed E-state index contributed by atoms with van der Waals surface area (Å²) in [5, 5.41) is 28.6. The smallest absolute Gasteiger partial charge is 0.335 e. The highest BCUT2D eigenvalue weighted by atomic mass is 16.5. The van der Waals surface area contributed by atoms with Gasteiger partial charge in [0, 0.05) is 13.2 Å². The number of aliphatic hydroxyl groups excluding tert-OH is 1. The normalized spacial score (nSPS) is 13.0. The number of carbonyl (C=O) groups is 2. The molecule has 2 unspecified atom stereocenters. The largest absolute Gasteiger partial charge is 0.480 e. The van der Waals surface area contributed by atoms with Crippen molar-refractivity contribution in [1.29, 1.82) is 0 Å². The Balaban J connectivity index is 1.98. The van der Waals surface area contributed by atoms with Crippen molar-refractivity contribution in [3.63, 3.8) is 0 Å². The van der Waals surface area contributed by atoms with Gasteiger partial charge in [-0.1, -0.05) is 30.3 Å². The van der Waals surface area contributed by atoms with Gasteiger partial charge in [0.15, 0.2) is 12.1 Å². The minimum Gasteiger partial charge on any atom is -0.480 e. The Morgan fingerprint density at radius 3 is 2.48 bits per heavy atom. The summed E-state index contributed by atoms with van der Waals surface area (Å²) in [6.07, 6.45) is 0.646. The molecule has 0 bridgehead atoms. The molecule has 11 nitrogen and oxygen atoms in total. The van der Waals surface area contributed by atoms with Crippen molar-refractivity contribution in [3.05, 3.63) is 48.4 Å². The third-order valence-electron chi connectivity index (χ3n) is 4.73. The molecule has 2 heterocycles. The topological polar surface area (TPSA) is 147 Å². The number of aliphatic carboxylic acids is 2. The zero-order chi connectivity index (χ0) is 22.5. The van der Waals surface area contributed by atoms with Crippen LogP contribution in [0, 0.1) is 0 Å². The van der Waals surface area contributed by atoms with Crippen LogP contribution in [0.15, 0.2) is 42.9 Å². The van der Waals surface area contributed by atoms with Gasteiger partial charge in [0.2, 0.25) is 5.88 Å². The Kier molecular flexibility index (Phi) is 6.68. The van der Waals surface area contributed by atoms with Crippen molar-refractivity contribution in [1.82, 2.24) is 14.5 Å². The van der Waals surface area contributed by atoms with Gasteiger partial charge < -0.3 is 34.3 Å². The van der Waals surface area contributed by atoms with Crippen LogP contribution in [0.1, 0.15) is 5.56 Å². The maximum absolute atomic E-state index is 11.7. The van der Waals surface area contributed by atoms with Crippen molar-refractivity contribution in [3.8, 4) is 5.88 Å². The molecule has 0 aliphatic heterocycles. The number of hydrogen-bond acceptors (Lipinski definition) is 8. The van der Waals surface area contributed by atoms with Crippen LogP contribution in [0.25, 0.3) is 11.0 Å². The molecule has 0 fully saturated rings. The van der Waals surface area contributed by atoms with Gasteiger partial charge in [-0.3, -0.25) is 0 Å². The minimum absolute atomic E-state index is 0.0716. The lowest BCUT2D eigenvalue weighted by atomic mass is 10.1. The number of benzene rings is 1. The first-order valence-corrected chi connectivity index (χ1v) is 9.21. The van der Waals surface area contributed by atoms with E-state index < -0.39 is 24.1 Å². The number of carboxylic acids is 2. The number of rotatable bonds is 10. The summed E-state index contributed by atoms with van der Waals surface area (Å²) >= 11 is 0. The number of hydrogen-bond donors (Lipinski definition) is 3. The molecule has 0 aliphatic rings. The fourth-order valence-corrected chi connectivity index (χ4v) is 3.23. The van der Waals surface area contributed by atoms with E-state index in [9.17, 15) is 19.8 Å². The third-order valence-corrected chi connectivity index (χ3v) is 4.73. The fourth-order valence-electron chi connectivity index (χ4n) is 3.23. The highest BCUT2D eigenvalue weighted by Gasteiger charge is 2.37. The number of aliphatic hydroxyl groups is 1. The summed E-state index contributed by atoms with van der Waals surface area (Å²) in [5.74, 6) is -2.92. The first-order chi connectivity index (χ1) is 14.8. The number of likely N-dealkylation sites (N-methyl/N-ethyl adjacent to an activating group) is 1. The molecule has 11 heteroatoms. The molecule has 2 atom stereocenters. The van der Waals surface area contributed by atoms with Crippen LogP contribution >= 0.6 is 0 Å². The van der Waals surface area contributed by atoms with Gasteiger partial charge in [-0.15, -0.1) is 0 Å². The van der Waals surface area contributed by atoms with Gasteiger partial charge >= 0.3 is 11.9 Å². The average Bonchev–Trinajstić information content (AvgIpc) is 3.13. The van der Waals surface area contributed by atoms with Crippen LogP contribution in [0.5, 0.6) is 5.88 Å². The summed E-state index contributed by atoms with van der Waals surface area (Å²) in [6, 6.07) is 7.78. The molecule has 3 N–H and O–H groups in total. The summed E-state index contributed by atoms with van der Waals surface area (Å²) < 4.78 is 12.7. The van der Waals surface area contributed by atoms with Gasteiger partial charge in [-0.05, 0) is 5.56 Å². The lowest BCUT2D eigenvalue weighted by Crippen LogP contribution is -2.50. The van der Waals surface area contributed by atoms with E-state index in [2.05, 4.69) is 9.97 Å². The highest BCUT2D eigenvalue weighted by molar-refractivity contribution is 5.95. The zero-order valence-corrected chi connectivity index (χ0v) is 16.9. The highest BCUT2D eigenvalue weighted by Crippen LogP contribution is 2.33. The molecular weight excluding hydrogens is 408 g/mol. The predicted molar refractivity (Wildman–Crippen MR) is 109 cm³/mol. The van der Waals surface area contributed by atoms with Crippen LogP contribution in [-0.2, 0) is 27.7 Å². The second kappa shape index (κ2) is 9.41. The van der Waals surface area contributed by atoms with E-state index in [0.717, 1.165) is 10.5 Å². The van der Waals surface area contributed by atoms with Gasteiger partial charge in [-0.25, -0.2) is 14.6 Å². The van der Waals surface area contributed by atoms with Gasteiger partial charge in [0.05, 0.1) is 19.4 Å². The first-order valence-electron chi connectivity index (χ1n) is 9.21. The van der Waals surface area contributed by atoms with Crippen LogP contribution in [0.2, 0.25) is 0 Å². The van der Waals surface area contributed by atoms with Crippen molar-refractivity contribution in [2.45, 2.75) is 25.5 Å². The molecule has 31 heavy (non-hydrogen) atoms. The van der Waals surface area contributed by atoms with Crippen molar-refractivity contribution < 1.29 is 34.4 Å². The Morgan fingerprint density at radius 2 is 1.87 bits per heavy atom. The fraction of sp³-hybridized carbons (Fsp3) is 0.300. The number of ether oxygens (including phenoxy) is 2. The second-order valence-corrected chi connectivity index (χ2v) is 6.70. The van der Waals surface area contributed by atoms with Crippen molar-refractivity contribution in [2.75, 3.05) is 19.1 Å². The second-order valence-electron chi connectivity index (χ2n) is 6.70. The van der Waals surface area contributed by atoms with Crippen LogP contribution in [0.4, 0.5) is 5.69 Å². The van der Waals surface area contributed by atoms with Gasteiger partial charge in [-0.2, -0.15) is 4.98 Å². The predicted octanol–water partition coefficient (Wildman–Crippen LogP) is 0.949.